The predicted octanol–water partition coefficient (Wildman–Crippen LogP) is 0.559. The highest BCUT2D eigenvalue weighted by Crippen LogP contribution is 2.44. The molecule has 0 aromatic carbocycles. The van der Waals surface area contributed by atoms with E-state index in [1.54, 1.807) is 0 Å². The maximum atomic E-state index is 10.3. The summed E-state index contributed by atoms with van der Waals surface area (Å²) in [5.41, 5.74) is 5.17. The van der Waals surface area contributed by atoms with Crippen LogP contribution in [0.5, 0.6) is 0 Å². The van der Waals surface area contributed by atoms with E-state index in [9.17, 15) is 4.79 Å². The zero-order valence-electron chi connectivity index (χ0n) is 5.92. The number of aldehydes is 1. The molecule has 2 unspecified atom stereocenters. The molecular weight excluding hydrogens is 114 g/mol. The fraction of sp³-hybridized carbons (Fsp3) is 0.857. The van der Waals surface area contributed by atoms with Crippen molar-refractivity contribution in [2.24, 2.45) is 17.6 Å². The van der Waals surface area contributed by atoms with Gasteiger partial charge in [0.1, 0.15) is 6.29 Å². The Morgan fingerprint density at radius 1 is 1.78 bits per heavy atom. The van der Waals surface area contributed by atoms with E-state index in [0.29, 0.717) is 11.8 Å². The van der Waals surface area contributed by atoms with Crippen LogP contribution in [0.4, 0.5) is 0 Å². The van der Waals surface area contributed by atoms with Crippen molar-refractivity contribution in [2.75, 3.05) is 0 Å². The molecule has 0 heterocycles. The maximum Gasteiger partial charge on any atom is 0.140 e. The number of carbonyl (C=O) groups is 1. The van der Waals surface area contributed by atoms with Crippen molar-refractivity contribution >= 4 is 6.29 Å². The number of hydrogen-bond acceptors (Lipinski definition) is 2. The lowest BCUT2D eigenvalue weighted by molar-refractivity contribution is -0.110. The average molecular weight is 127 g/mol. The second kappa shape index (κ2) is 1.81. The lowest BCUT2D eigenvalue weighted by Crippen LogP contribution is -2.27. The van der Waals surface area contributed by atoms with Crippen molar-refractivity contribution in [1.29, 1.82) is 0 Å². The number of hydrogen-bond donors (Lipinski definition) is 1. The van der Waals surface area contributed by atoms with Gasteiger partial charge in [-0.25, -0.2) is 0 Å². The summed E-state index contributed by atoms with van der Waals surface area (Å²) in [6.07, 6.45) is 1.77. The van der Waals surface area contributed by atoms with E-state index in [0.717, 1.165) is 12.7 Å². The Bertz CT molecular complexity index is 133. The third kappa shape index (κ3) is 0.990. The van der Waals surface area contributed by atoms with Crippen molar-refractivity contribution in [3.8, 4) is 0 Å². The Labute approximate surface area is 55.4 Å². The summed E-state index contributed by atoms with van der Waals surface area (Å²) in [5, 5.41) is 0. The van der Waals surface area contributed by atoms with Gasteiger partial charge in [0, 0.05) is 0 Å². The second-order valence-electron chi connectivity index (χ2n) is 3.28. The molecule has 2 N–H and O–H groups in total. The molecule has 9 heavy (non-hydrogen) atoms. The summed E-state index contributed by atoms with van der Waals surface area (Å²) >= 11 is 0. The Kier molecular flexibility index (Phi) is 1.35. The monoisotopic (exact) mass is 127 g/mol. The van der Waals surface area contributed by atoms with Gasteiger partial charge in [-0.3, -0.25) is 0 Å². The quantitative estimate of drug-likeness (QED) is 0.551. The highest BCUT2D eigenvalue weighted by molar-refractivity contribution is 5.69. The van der Waals surface area contributed by atoms with Gasteiger partial charge < -0.3 is 10.5 Å². The second-order valence-corrected chi connectivity index (χ2v) is 3.28. The summed E-state index contributed by atoms with van der Waals surface area (Å²) in [5.74, 6) is 0.996. The molecule has 0 bridgehead atoms. The van der Waals surface area contributed by atoms with Gasteiger partial charge in [0.05, 0.1) is 5.54 Å². The number of carbonyl (C=O) groups excluding carboxylic acids is 1. The standard InChI is InChI=1S/C7H13NO/c1-5(2)6-3-7(6,8)4-9/h4-6H,3,8H2,1-2H3. The van der Waals surface area contributed by atoms with Crippen LogP contribution in [0.25, 0.3) is 0 Å². The molecular formula is C7H13NO. The summed E-state index contributed by atoms with van der Waals surface area (Å²) in [4.78, 5) is 10.3. The van der Waals surface area contributed by atoms with Gasteiger partial charge in [-0.2, -0.15) is 0 Å². The van der Waals surface area contributed by atoms with E-state index < -0.39 is 5.54 Å². The maximum absolute atomic E-state index is 10.3. The van der Waals surface area contributed by atoms with Crippen LogP contribution in [-0.2, 0) is 4.79 Å². The summed E-state index contributed by atoms with van der Waals surface area (Å²) in [6.45, 7) is 4.20. The van der Waals surface area contributed by atoms with E-state index in [1.807, 2.05) is 0 Å². The van der Waals surface area contributed by atoms with Crippen LogP contribution in [-0.4, -0.2) is 11.8 Å². The molecule has 52 valence electrons. The third-order valence-electron chi connectivity index (χ3n) is 2.13. The molecule has 1 aliphatic carbocycles. The Hall–Kier alpha value is -0.370. The molecule has 2 heteroatoms. The highest BCUT2D eigenvalue weighted by Gasteiger charge is 2.52. The van der Waals surface area contributed by atoms with Crippen molar-refractivity contribution in [3.05, 3.63) is 0 Å². The van der Waals surface area contributed by atoms with E-state index >= 15 is 0 Å². The van der Waals surface area contributed by atoms with Crippen molar-refractivity contribution in [3.63, 3.8) is 0 Å². The number of rotatable bonds is 2. The molecule has 1 rings (SSSR count). The third-order valence-corrected chi connectivity index (χ3v) is 2.13. The fourth-order valence-corrected chi connectivity index (χ4v) is 1.31. The molecule has 1 saturated carbocycles. The Balaban J connectivity index is 2.47. The topological polar surface area (TPSA) is 43.1 Å². The average Bonchev–Trinajstić information content (AvgIpc) is 2.44. The molecule has 0 spiro atoms. The first-order valence-corrected chi connectivity index (χ1v) is 3.35. The fourth-order valence-electron chi connectivity index (χ4n) is 1.31. The smallest absolute Gasteiger partial charge is 0.140 e. The van der Waals surface area contributed by atoms with Crippen LogP contribution in [0.15, 0.2) is 0 Å². The molecule has 0 amide bonds. The summed E-state index contributed by atoms with van der Waals surface area (Å²) < 4.78 is 0. The molecule has 0 saturated heterocycles. The summed E-state index contributed by atoms with van der Waals surface area (Å²) in [7, 11) is 0. The van der Waals surface area contributed by atoms with E-state index in [-0.39, 0.29) is 0 Å². The molecule has 0 aromatic rings. The lowest BCUT2D eigenvalue weighted by atomic mass is 10.1. The molecule has 0 radical (unpaired) electrons. The predicted molar refractivity (Wildman–Crippen MR) is 35.9 cm³/mol. The van der Waals surface area contributed by atoms with Crippen LogP contribution in [0.3, 0.4) is 0 Å². The Morgan fingerprint density at radius 2 is 2.33 bits per heavy atom. The van der Waals surface area contributed by atoms with E-state index in [4.69, 9.17) is 5.73 Å². The van der Waals surface area contributed by atoms with Crippen molar-refractivity contribution < 1.29 is 4.79 Å². The largest absolute Gasteiger partial charge is 0.319 e. The zero-order chi connectivity index (χ0) is 7.07. The van der Waals surface area contributed by atoms with Crippen LogP contribution in [0.2, 0.25) is 0 Å². The minimum atomic E-state index is -0.450. The van der Waals surface area contributed by atoms with Crippen LogP contribution >= 0.6 is 0 Å². The molecule has 1 fully saturated rings. The van der Waals surface area contributed by atoms with Crippen molar-refractivity contribution in [2.45, 2.75) is 25.8 Å². The Morgan fingerprint density at radius 3 is 2.44 bits per heavy atom. The minimum absolute atomic E-state index is 0.440. The first-order valence-electron chi connectivity index (χ1n) is 3.35. The van der Waals surface area contributed by atoms with Gasteiger partial charge in [0.15, 0.2) is 0 Å². The molecule has 2 atom stereocenters. The van der Waals surface area contributed by atoms with E-state index in [1.165, 1.54) is 0 Å². The molecule has 0 aromatic heterocycles. The molecule has 0 aliphatic heterocycles. The minimum Gasteiger partial charge on any atom is -0.319 e. The summed E-state index contributed by atoms with van der Waals surface area (Å²) in [6, 6.07) is 0. The van der Waals surface area contributed by atoms with Gasteiger partial charge in [0.2, 0.25) is 0 Å². The number of nitrogens with two attached hydrogens (primary N) is 1. The molecule has 1 aliphatic rings. The zero-order valence-corrected chi connectivity index (χ0v) is 5.92. The van der Waals surface area contributed by atoms with Gasteiger partial charge in [0.25, 0.3) is 0 Å². The van der Waals surface area contributed by atoms with Gasteiger partial charge >= 0.3 is 0 Å². The highest BCUT2D eigenvalue weighted by atomic mass is 16.1. The van der Waals surface area contributed by atoms with E-state index in [2.05, 4.69) is 13.8 Å². The van der Waals surface area contributed by atoms with Crippen molar-refractivity contribution in [1.82, 2.24) is 0 Å². The first-order chi connectivity index (χ1) is 4.10. The van der Waals surface area contributed by atoms with Gasteiger partial charge in [-0.1, -0.05) is 13.8 Å². The normalized spacial score (nSPS) is 41.1. The van der Waals surface area contributed by atoms with Crippen LogP contribution in [0, 0.1) is 11.8 Å². The van der Waals surface area contributed by atoms with Gasteiger partial charge in [-0.15, -0.1) is 0 Å². The van der Waals surface area contributed by atoms with Crippen LogP contribution in [0.1, 0.15) is 20.3 Å². The molecule has 2 nitrogen and oxygen atoms in total. The SMILES string of the molecule is CC(C)C1CC1(N)C=O. The van der Waals surface area contributed by atoms with Gasteiger partial charge in [-0.05, 0) is 18.3 Å². The lowest BCUT2D eigenvalue weighted by Gasteiger charge is -2.03. The van der Waals surface area contributed by atoms with Crippen LogP contribution < -0.4 is 5.73 Å². The first kappa shape index (κ1) is 6.75.